The zero-order valence-electron chi connectivity index (χ0n) is 77.9. The Morgan fingerprint density at radius 1 is 0.205 bits per heavy atom. The Hall–Kier alpha value is -11.4. The van der Waals surface area contributed by atoms with Crippen molar-refractivity contribution >= 4 is 0 Å². The first kappa shape index (κ1) is 77.3. The molecule has 0 bridgehead atoms. The van der Waals surface area contributed by atoms with E-state index >= 15 is 0 Å². The largest absolute Gasteiger partial charge is 0.215 e. The highest BCUT2D eigenvalue weighted by atomic mass is 15.0. The first-order valence-electron chi connectivity index (χ1n) is 41.9. The third kappa shape index (κ3) is 21.4. The molecule has 0 aliphatic heterocycles. The predicted octanol–water partition coefficient (Wildman–Crippen LogP) is 21.7. The number of aromatic nitrogens is 7. The average Bonchev–Trinajstić information content (AvgIpc) is 0.814. The summed E-state index contributed by atoms with van der Waals surface area (Å²) in [4.78, 5) is 0. The molecule has 574 valence electrons. The fourth-order valence-electron chi connectivity index (χ4n) is 14.8. The molecule has 0 saturated heterocycles. The van der Waals surface area contributed by atoms with Gasteiger partial charge in [-0.25, -0.2) is 22.8 Å². The van der Waals surface area contributed by atoms with Gasteiger partial charge in [-0.2, -0.15) is 9.13 Å². The van der Waals surface area contributed by atoms with Crippen molar-refractivity contribution in [2.24, 2.45) is 49.3 Å². The second-order valence-corrected chi connectivity index (χ2v) is 30.4. The van der Waals surface area contributed by atoms with Gasteiger partial charge in [0, 0.05) is 132 Å². The molecule has 0 unspecified atom stereocenters. The number of pyridine rings is 7. The molecule has 0 N–H and O–H groups in total. The zero-order chi connectivity index (χ0) is 86.9. The molecule has 7 heterocycles. The molecule has 0 aliphatic carbocycles. The van der Waals surface area contributed by atoms with Crippen LogP contribution in [-0.2, 0) is 49.3 Å². The minimum absolute atomic E-state index is 0.394. The summed E-state index contributed by atoms with van der Waals surface area (Å²) in [7, 11) is 14.5. The van der Waals surface area contributed by atoms with E-state index in [2.05, 4.69) is 367 Å². The second kappa shape index (κ2) is 39.5. The molecular weight excluding hydrogens is 1360 g/mol. The molecule has 0 amide bonds. The second-order valence-electron chi connectivity index (χ2n) is 30.4. The van der Waals surface area contributed by atoms with Gasteiger partial charge in [-0.3, -0.25) is 0 Å². The topological polar surface area (TPSA) is 27.2 Å². The number of hydrogen-bond acceptors (Lipinski definition) is 0. The summed E-state index contributed by atoms with van der Waals surface area (Å²) >= 11 is 0. The Bertz CT molecular complexity index is 5400. The fraction of sp³-hybridized carbons (Fsp3) is 0.267. The maximum atomic E-state index is 7.60. The van der Waals surface area contributed by atoms with Gasteiger partial charge in [0.05, 0.1) is 11.1 Å². The van der Waals surface area contributed by atoms with E-state index < -0.39 is 13.7 Å². The maximum absolute atomic E-state index is 7.60. The zero-order valence-corrected chi connectivity index (χ0v) is 71.9. The van der Waals surface area contributed by atoms with Crippen LogP contribution < -0.4 is 32.0 Å². The van der Waals surface area contributed by atoms with Crippen molar-refractivity contribution in [3.05, 3.63) is 373 Å². The van der Waals surface area contributed by atoms with Crippen LogP contribution in [-0.4, -0.2) is 0 Å². The molecule has 0 radical (unpaired) electrons. The monoisotopic (exact) mass is 1490 g/mol. The van der Waals surface area contributed by atoms with Gasteiger partial charge >= 0.3 is 0 Å². The van der Waals surface area contributed by atoms with Gasteiger partial charge < -0.3 is 0 Å². The van der Waals surface area contributed by atoms with Gasteiger partial charge in [-0.05, 0) is 265 Å². The summed E-state index contributed by atoms with van der Waals surface area (Å²) < 4.78 is 60.3. The lowest BCUT2D eigenvalue weighted by Gasteiger charge is -2.09. The van der Waals surface area contributed by atoms with Gasteiger partial charge in [0.25, 0.3) is 0 Å². The number of rotatable bonds is 7. The van der Waals surface area contributed by atoms with E-state index in [1.54, 1.807) is 18.2 Å². The minimum atomic E-state index is -2.07. The van der Waals surface area contributed by atoms with Gasteiger partial charge in [0.1, 0.15) is 49.3 Å². The molecule has 0 atom stereocenters. The van der Waals surface area contributed by atoms with Crippen LogP contribution >= 0.6 is 0 Å². The quantitative estimate of drug-likeness (QED) is 0.142. The molecule has 7 aromatic carbocycles. The Labute approximate surface area is 682 Å². The lowest BCUT2D eigenvalue weighted by Crippen LogP contribution is -2.34. The lowest BCUT2D eigenvalue weighted by molar-refractivity contribution is -0.666. The molecule has 7 nitrogen and oxygen atoms in total. The molecular formula is C105H126N7+7. The van der Waals surface area contributed by atoms with Gasteiger partial charge in [-0.1, -0.05) is 114 Å². The first-order valence-corrected chi connectivity index (χ1v) is 38.9. The normalized spacial score (nSPS) is 11.5. The average molecular weight is 1490 g/mol. The Morgan fingerprint density at radius 2 is 0.500 bits per heavy atom. The van der Waals surface area contributed by atoms with Crippen LogP contribution in [0.15, 0.2) is 255 Å². The Kier molecular flexibility index (Phi) is 27.3. The molecule has 14 rings (SSSR count). The molecule has 112 heavy (non-hydrogen) atoms. The highest BCUT2D eigenvalue weighted by Crippen LogP contribution is 2.31. The van der Waals surface area contributed by atoms with Crippen molar-refractivity contribution in [3.8, 4) is 78.8 Å². The van der Waals surface area contributed by atoms with Gasteiger partial charge in [0.15, 0.2) is 42.4 Å². The summed E-state index contributed by atoms with van der Waals surface area (Å²) in [6.45, 7) is 36.3. The van der Waals surface area contributed by atoms with Crippen LogP contribution in [0.5, 0.6) is 0 Å². The van der Waals surface area contributed by atoms with E-state index in [1.807, 2.05) is 83.5 Å². The lowest BCUT2D eigenvalue weighted by atomic mass is 9.97. The van der Waals surface area contributed by atoms with Crippen LogP contribution in [0.3, 0.4) is 0 Å². The van der Waals surface area contributed by atoms with E-state index in [-0.39, 0.29) is 0 Å². The van der Waals surface area contributed by atoms with E-state index in [9.17, 15) is 0 Å². The van der Waals surface area contributed by atoms with Crippen LogP contribution in [0.25, 0.3) is 78.8 Å². The van der Waals surface area contributed by atoms with Crippen molar-refractivity contribution < 1.29 is 40.2 Å². The molecule has 14 aromatic rings. The molecule has 7 aromatic heterocycles. The standard InChI is InChI=1S/7C15H18N/c2*1-11-7-5-9-14(13(11)3)15-10-6-8-12(2)16(15)4;2*1-11-7-5-8-12(2)14(11)15-13(3)9-6-10-16(15)4;2*1-11-7-8-12(2)14(10-11)15-13(3)6-5-9-16(15)4;1-11-7-8-14(13(3)10-11)15-12(2)6-5-9-16(15)4/h7*5-10H,1-4H3/q7*+1/i1D3;;;;;;1D3. The van der Waals surface area contributed by atoms with Crippen molar-refractivity contribution in [1.29, 1.82) is 0 Å². The minimum Gasteiger partial charge on any atom is -0.201 e. The molecule has 0 fully saturated rings. The van der Waals surface area contributed by atoms with Gasteiger partial charge in [0.2, 0.25) is 39.9 Å². The predicted molar refractivity (Wildman–Crippen MR) is 471 cm³/mol. The fourth-order valence-corrected chi connectivity index (χ4v) is 14.8. The van der Waals surface area contributed by atoms with Crippen molar-refractivity contribution in [2.75, 3.05) is 0 Å². The third-order valence-electron chi connectivity index (χ3n) is 21.6. The van der Waals surface area contributed by atoms with E-state index in [0.29, 0.717) is 11.1 Å². The van der Waals surface area contributed by atoms with Crippen LogP contribution in [0.4, 0.5) is 0 Å². The number of nitrogens with zero attached hydrogens (tertiary/aromatic N) is 7. The highest BCUT2D eigenvalue weighted by molar-refractivity contribution is 5.71. The van der Waals surface area contributed by atoms with Crippen LogP contribution in [0.2, 0.25) is 0 Å². The van der Waals surface area contributed by atoms with Crippen LogP contribution in [0, 0.1) is 145 Å². The number of aryl methyl sites for hydroxylation is 24. The van der Waals surface area contributed by atoms with E-state index in [1.165, 1.54) is 145 Å². The summed E-state index contributed by atoms with van der Waals surface area (Å²) in [6.07, 6.45) is 10.4. The van der Waals surface area contributed by atoms with Gasteiger partial charge in [-0.15, -0.1) is 0 Å². The van der Waals surface area contributed by atoms with E-state index in [0.717, 1.165) is 39.3 Å². The summed E-state index contributed by atoms with van der Waals surface area (Å²) in [5, 5.41) is 0. The summed E-state index contributed by atoms with van der Waals surface area (Å²) in [6, 6.07) is 77.0. The smallest absolute Gasteiger partial charge is 0.201 e. The maximum Gasteiger partial charge on any atom is 0.215 e. The Balaban J connectivity index is 0.000000172. The third-order valence-corrected chi connectivity index (χ3v) is 21.6. The van der Waals surface area contributed by atoms with Crippen molar-refractivity contribution in [1.82, 2.24) is 0 Å². The first-order chi connectivity index (χ1) is 55.6. The molecule has 7 heteroatoms. The van der Waals surface area contributed by atoms with Crippen LogP contribution in [0.1, 0.15) is 125 Å². The molecule has 0 spiro atoms. The number of benzene rings is 7. The van der Waals surface area contributed by atoms with Crippen molar-refractivity contribution in [3.63, 3.8) is 0 Å². The highest BCUT2D eigenvalue weighted by Gasteiger charge is 2.22. The SMILES string of the molecule is Cc1ccc(C)c(-c2c(C)ccc[n+]2C)c1.Cc1ccc(C)c(-c2c(C)ccc[n+]2C)c1.Cc1cccc(-c2cccc(C)[n+]2C)c1C.Cc1cccc(C)c1-c1c(C)ccc[n+]1C.Cc1cccc(C)c1-c1c(C)ccc[n+]1C.[2H]C([2H])([2H])c1ccc(-c2c(C)ccc[n+]2C)c(C)c1.[2H]C([2H])([2H])c1cccc(-c2cccc(C)[n+]2C)c1C. The molecule has 0 aliphatic rings. The van der Waals surface area contributed by atoms with Crippen molar-refractivity contribution in [2.45, 2.75) is 145 Å². The number of hydrogen-bond donors (Lipinski definition) is 0. The molecule has 0 saturated carbocycles. The van der Waals surface area contributed by atoms with E-state index in [4.69, 9.17) is 8.22 Å². The summed E-state index contributed by atoms with van der Waals surface area (Å²) in [5.41, 5.74) is 42.3. The summed E-state index contributed by atoms with van der Waals surface area (Å²) in [5.74, 6) is 0. The Morgan fingerprint density at radius 3 is 0.839 bits per heavy atom.